The summed E-state index contributed by atoms with van der Waals surface area (Å²) in [6.07, 6.45) is -3.58. The first-order valence-corrected chi connectivity index (χ1v) is 9.71. The van der Waals surface area contributed by atoms with Gasteiger partial charge in [-0.1, -0.05) is 6.92 Å². The molecule has 0 aromatic carbocycles. The van der Waals surface area contributed by atoms with E-state index in [0.29, 0.717) is 25.2 Å². The van der Waals surface area contributed by atoms with Gasteiger partial charge < -0.3 is 4.90 Å². The summed E-state index contributed by atoms with van der Waals surface area (Å²) < 4.78 is 51.6. The zero-order valence-electron chi connectivity index (χ0n) is 16.5. The lowest BCUT2D eigenvalue weighted by Gasteiger charge is -2.35. The third kappa shape index (κ3) is 4.17. The van der Waals surface area contributed by atoms with E-state index in [4.69, 9.17) is 0 Å². The van der Waals surface area contributed by atoms with Gasteiger partial charge in [0.1, 0.15) is 17.3 Å². The van der Waals surface area contributed by atoms with Gasteiger partial charge in [-0.15, -0.1) is 0 Å². The number of amides is 2. The number of nitrogens with one attached hydrogen (secondary N) is 1. The summed E-state index contributed by atoms with van der Waals surface area (Å²) in [5.41, 5.74) is 0.492. The van der Waals surface area contributed by atoms with E-state index in [-0.39, 0.29) is 23.4 Å². The molecule has 2 atom stereocenters. The molecule has 0 spiro atoms. The van der Waals surface area contributed by atoms with Crippen LogP contribution in [0.5, 0.6) is 0 Å². The zero-order chi connectivity index (χ0) is 22.3. The lowest BCUT2D eigenvalue weighted by atomic mass is 10.0. The number of alkyl halides is 3. The maximum Gasteiger partial charge on any atom is 0.391 e. The molecule has 1 saturated heterocycles. The highest BCUT2D eigenvalue weighted by Gasteiger charge is 2.41. The Morgan fingerprint density at radius 2 is 2.03 bits per heavy atom. The molecule has 2 aliphatic heterocycles. The predicted molar refractivity (Wildman–Crippen MR) is 105 cm³/mol. The van der Waals surface area contributed by atoms with Crippen molar-refractivity contribution in [2.75, 3.05) is 28.2 Å². The Kier molecular flexibility index (Phi) is 5.28. The minimum atomic E-state index is -4.48. The fourth-order valence-corrected chi connectivity index (χ4v) is 3.74. The standard InChI is InChI=1S/C20H19F4N5O2/c1-11(20(22,23)24)8-16(30)14-3-4-15-18(26-14)29(13-6-7-28(15)10-13)19(31)27-17-5-2-12(21)9-25-17/h2-5,9,11,13H,6-8,10H2,1H3,(H,25,27,31)/t11-,13-/m0/s1. The molecule has 0 saturated carbocycles. The van der Waals surface area contributed by atoms with Crippen molar-refractivity contribution < 1.29 is 27.2 Å². The Labute approximate surface area is 175 Å². The first-order valence-electron chi connectivity index (χ1n) is 9.71. The fraction of sp³-hybridized carbons (Fsp3) is 0.400. The Morgan fingerprint density at radius 3 is 2.71 bits per heavy atom. The summed E-state index contributed by atoms with van der Waals surface area (Å²) in [5, 5.41) is 2.58. The molecule has 2 amide bonds. The minimum absolute atomic E-state index is 0.130. The van der Waals surface area contributed by atoms with Crippen LogP contribution in [-0.4, -0.2) is 47.1 Å². The maximum atomic E-state index is 13.1. The number of hydrogen-bond donors (Lipinski definition) is 1. The number of nitrogens with zero attached hydrogens (tertiary/aromatic N) is 4. The zero-order valence-corrected chi connectivity index (χ0v) is 16.5. The van der Waals surface area contributed by atoms with Crippen molar-refractivity contribution >= 4 is 29.1 Å². The van der Waals surface area contributed by atoms with Gasteiger partial charge in [-0.05, 0) is 30.7 Å². The molecule has 2 aromatic heterocycles. The number of carbonyl (C=O) groups excluding carboxylic acids is 2. The Bertz CT molecular complexity index is 1010. The predicted octanol–water partition coefficient (Wildman–Crippen LogP) is 4.02. The Hall–Kier alpha value is -3.24. The number of Topliss-reactive ketones (excluding diaryl/α,β-unsaturated/α-hetero) is 1. The number of rotatable bonds is 4. The molecule has 2 bridgehead atoms. The largest absolute Gasteiger partial charge is 0.391 e. The second-order valence-corrected chi connectivity index (χ2v) is 7.66. The van der Waals surface area contributed by atoms with Crippen LogP contribution in [-0.2, 0) is 0 Å². The van der Waals surface area contributed by atoms with Gasteiger partial charge in [0.15, 0.2) is 11.6 Å². The number of halogens is 4. The second-order valence-electron chi connectivity index (χ2n) is 7.66. The molecule has 0 aliphatic carbocycles. The molecule has 1 N–H and O–H groups in total. The van der Waals surface area contributed by atoms with Gasteiger partial charge in [0.2, 0.25) is 0 Å². The van der Waals surface area contributed by atoms with Crippen molar-refractivity contribution in [3.63, 3.8) is 0 Å². The molecule has 0 radical (unpaired) electrons. The van der Waals surface area contributed by atoms with E-state index in [2.05, 4.69) is 15.3 Å². The van der Waals surface area contributed by atoms with Gasteiger partial charge in [0.25, 0.3) is 0 Å². The van der Waals surface area contributed by atoms with E-state index in [1.807, 2.05) is 4.90 Å². The number of ketones is 1. The number of urea groups is 1. The van der Waals surface area contributed by atoms with Crippen molar-refractivity contribution in [1.29, 1.82) is 0 Å². The van der Waals surface area contributed by atoms with E-state index in [9.17, 15) is 27.2 Å². The highest BCUT2D eigenvalue weighted by atomic mass is 19.4. The van der Waals surface area contributed by atoms with E-state index < -0.39 is 36.1 Å². The molecule has 31 heavy (non-hydrogen) atoms. The molecule has 4 rings (SSSR count). The van der Waals surface area contributed by atoms with Crippen LogP contribution in [0.15, 0.2) is 30.5 Å². The Balaban J connectivity index is 1.62. The molecule has 7 nitrogen and oxygen atoms in total. The van der Waals surface area contributed by atoms with Crippen LogP contribution >= 0.6 is 0 Å². The number of fused-ring (bicyclic) bond motifs is 4. The third-order valence-electron chi connectivity index (χ3n) is 5.47. The molecule has 11 heteroatoms. The van der Waals surface area contributed by atoms with Crippen molar-refractivity contribution in [3.05, 3.63) is 42.0 Å². The average Bonchev–Trinajstić information content (AvgIpc) is 3.13. The normalized spacial score (nSPS) is 18.5. The van der Waals surface area contributed by atoms with Gasteiger partial charge in [0, 0.05) is 19.5 Å². The SMILES string of the molecule is C[C@@H](CC(=O)c1ccc2c(n1)N(C(=O)Nc1ccc(F)cn1)[C@H]1CCN2C1)C(F)(F)F. The second kappa shape index (κ2) is 7.78. The van der Waals surface area contributed by atoms with E-state index in [1.165, 1.54) is 17.0 Å². The van der Waals surface area contributed by atoms with Crippen LogP contribution in [0.4, 0.5) is 39.7 Å². The summed E-state index contributed by atoms with van der Waals surface area (Å²) in [7, 11) is 0. The Morgan fingerprint density at radius 1 is 1.26 bits per heavy atom. The molecule has 0 unspecified atom stereocenters. The maximum absolute atomic E-state index is 13.1. The molecular weight excluding hydrogens is 418 g/mol. The molecule has 164 valence electrons. The smallest absolute Gasteiger partial charge is 0.366 e. The minimum Gasteiger partial charge on any atom is -0.366 e. The summed E-state index contributed by atoms with van der Waals surface area (Å²) in [4.78, 5) is 36.9. The van der Waals surface area contributed by atoms with Crippen molar-refractivity contribution in [2.45, 2.75) is 32.0 Å². The lowest BCUT2D eigenvalue weighted by Crippen LogP contribution is -2.48. The third-order valence-corrected chi connectivity index (χ3v) is 5.47. The number of anilines is 3. The van der Waals surface area contributed by atoms with Crippen molar-refractivity contribution in [3.8, 4) is 0 Å². The highest BCUT2D eigenvalue weighted by Crippen LogP contribution is 2.39. The summed E-state index contributed by atoms with van der Waals surface area (Å²) >= 11 is 0. The molecule has 4 heterocycles. The van der Waals surface area contributed by atoms with Gasteiger partial charge in [0.05, 0.1) is 23.8 Å². The number of pyridine rings is 2. The molecule has 2 aliphatic rings. The first kappa shape index (κ1) is 21.0. The van der Waals surface area contributed by atoms with Gasteiger partial charge in [-0.2, -0.15) is 13.2 Å². The summed E-state index contributed by atoms with van der Waals surface area (Å²) in [6.45, 7) is 2.19. The topological polar surface area (TPSA) is 78.4 Å². The van der Waals surface area contributed by atoms with Crippen LogP contribution in [0, 0.1) is 11.7 Å². The monoisotopic (exact) mass is 437 g/mol. The fourth-order valence-electron chi connectivity index (χ4n) is 3.74. The van der Waals surface area contributed by atoms with Crippen LogP contribution < -0.4 is 15.1 Å². The first-order chi connectivity index (χ1) is 14.6. The van der Waals surface area contributed by atoms with Crippen LogP contribution in [0.3, 0.4) is 0 Å². The highest BCUT2D eigenvalue weighted by molar-refractivity contribution is 6.05. The molecular formula is C20H19F4N5O2. The molecule has 2 aromatic rings. The van der Waals surface area contributed by atoms with Crippen molar-refractivity contribution in [1.82, 2.24) is 9.97 Å². The van der Waals surface area contributed by atoms with E-state index in [0.717, 1.165) is 19.2 Å². The van der Waals surface area contributed by atoms with Crippen LogP contribution in [0.25, 0.3) is 0 Å². The number of hydrogen-bond acceptors (Lipinski definition) is 5. The van der Waals surface area contributed by atoms with Gasteiger partial charge >= 0.3 is 12.2 Å². The van der Waals surface area contributed by atoms with Gasteiger partial charge in [-0.3, -0.25) is 15.0 Å². The van der Waals surface area contributed by atoms with Crippen LogP contribution in [0.2, 0.25) is 0 Å². The van der Waals surface area contributed by atoms with E-state index >= 15 is 0 Å². The lowest BCUT2D eigenvalue weighted by molar-refractivity contribution is -0.168. The van der Waals surface area contributed by atoms with Gasteiger partial charge in [-0.25, -0.2) is 19.2 Å². The summed E-state index contributed by atoms with van der Waals surface area (Å²) in [6, 6.07) is 4.67. The molecule has 1 fully saturated rings. The summed E-state index contributed by atoms with van der Waals surface area (Å²) in [5.74, 6) is -2.76. The van der Waals surface area contributed by atoms with Crippen LogP contribution in [0.1, 0.15) is 30.3 Å². The quantitative estimate of drug-likeness (QED) is 0.578. The average molecular weight is 437 g/mol. The van der Waals surface area contributed by atoms with E-state index in [1.54, 1.807) is 6.07 Å². The van der Waals surface area contributed by atoms with Crippen molar-refractivity contribution in [2.24, 2.45) is 5.92 Å². The number of aromatic nitrogens is 2. The number of carbonyl (C=O) groups is 2.